The minimum Gasteiger partial charge on any atom is -0.482 e. The van der Waals surface area contributed by atoms with Crippen molar-refractivity contribution < 1.29 is 48.4 Å². The monoisotopic (exact) mass is 593 g/mol. The molecule has 0 saturated carbocycles. The van der Waals surface area contributed by atoms with Gasteiger partial charge < -0.3 is 35.1 Å². The Morgan fingerprint density at radius 1 is 1.10 bits per heavy atom. The van der Waals surface area contributed by atoms with E-state index < -0.39 is 47.4 Å². The summed E-state index contributed by atoms with van der Waals surface area (Å²) in [7, 11) is 0. The summed E-state index contributed by atoms with van der Waals surface area (Å²) in [5.41, 5.74) is 0.133. The summed E-state index contributed by atoms with van der Waals surface area (Å²) >= 11 is 1.36. The number of esters is 1. The molecule has 14 heteroatoms. The maximum Gasteiger partial charge on any atom is 0.407 e. The molecule has 0 aliphatic carbocycles. The molecule has 41 heavy (non-hydrogen) atoms. The zero-order valence-electron chi connectivity index (χ0n) is 22.7. The molecule has 3 atom stereocenters. The minimum absolute atomic E-state index is 0.185. The van der Waals surface area contributed by atoms with E-state index in [4.69, 9.17) is 14.2 Å². The van der Waals surface area contributed by atoms with E-state index in [-0.39, 0.29) is 37.7 Å². The van der Waals surface area contributed by atoms with Gasteiger partial charge in [-0.05, 0) is 44.4 Å². The van der Waals surface area contributed by atoms with E-state index in [1.165, 1.54) is 16.7 Å². The lowest BCUT2D eigenvalue weighted by molar-refractivity contribution is -0.149. The van der Waals surface area contributed by atoms with Gasteiger partial charge in [-0.25, -0.2) is 19.2 Å². The molecular formula is C27H35N3O10S. The van der Waals surface area contributed by atoms with Crippen molar-refractivity contribution in [2.75, 3.05) is 32.1 Å². The number of hydrogen-bond acceptors (Lipinski definition) is 10. The van der Waals surface area contributed by atoms with E-state index in [1.807, 2.05) is 13.0 Å². The van der Waals surface area contributed by atoms with E-state index in [9.17, 15) is 34.2 Å². The van der Waals surface area contributed by atoms with Crippen molar-refractivity contribution >= 4 is 41.7 Å². The van der Waals surface area contributed by atoms with E-state index in [0.29, 0.717) is 37.1 Å². The quantitative estimate of drug-likeness (QED) is 0.117. The minimum atomic E-state index is -1.28. The fourth-order valence-electron chi connectivity index (χ4n) is 4.20. The maximum absolute atomic E-state index is 12.8. The predicted molar refractivity (Wildman–Crippen MR) is 147 cm³/mol. The highest BCUT2D eigenvalue weighted by atomic mass is 32.2. The van der Waals surface area contributed by atoms with Gasteiger partial charge in [0, 0.05) is 11.3 Å². The van der Waals surface area contributed by atoms with Gasteiger partial charge in [0.2, 0.25) is 5.91 Å². The number of nitrogens with one attached hydrogen (secondary N) is 2. The number of β-lactam (4-membered cyclic amide) rings is 1. The molecular weight excluding hydrogens is 558 g/mol. The molecule has 4 N–H and O–H groups in total. The number of unbranched alkanes of at least 4 members (excludes halogenated alkanes) is 2. The van der Waals surface area contributed by atoms with Crippen LogP contribution in [0.2, 0.25) is 0 Å². The number of fused-ring (bicyclic) bond motifs is 1. The van der Waals surface area contributed by atoms with Crippen LogP contribution in [-0.2, 0) is 28.7 Å². The highest BCUT2D eigenvalue weighted by Gasteiger charge is 2.53. The van der Waals surface area contributed by atoms with Crippen LogP contribution in [0.5, 0.6) is 5.75 Å². The zero-order chi connectivity index (χ0) is 29.8. The van der Waals surface area contributed by atoms with Crippen LogP contribution in [0.25, 0.3) is 0 Å². The first kappa shape index (κ1) is 31.7. The molecule has 2 aliphatic heterocycles. The average molecular weight is 594 g/mol. The summed E-state index contributed by atoms with van der Waals surface area (Å²) in [6, 6.07) is 7.02. The molecule has 1 saturated heterocycles. The Balaban J connectivity index is 1.42. The molecule has 0 aromatic heterocycles. The Hall–Kier alpha value is -3.78. The summed E-state index contributed by atoms with van der Waals surface area (Å²) in [5, 5.41) is 24.2. The number of benzene rings is 1. The normalized spacial score (nSPS) is 18.6. The number of carbonyl (C=O) groups is 5. The second-order valence-electron chi connectivity index (χ2n) is 9.38. The standard InChI is InChI=1S/C27H35N3O10S/c1-2-3-13-38-27(37)29-19(25(33)34)11-7-8-12-28-21-23(32)30-22(26(35)36)17(16-41-24(21)30)14-40-20(31)15-39-18-9-5-4-6-10-18/h4-6,9-10,19,21,24,28H,2-3,7-8,11-16H2,1H3,(H,29,37)(H,33,34)(H,35,36)/t19?,21-,24-/m1/s1. The van der Waals surface area contributed by atoms with E-state index >= 15 is 0 Å². The molecule has 2 aliphatic rings. The molecule has 224 valence electrons. The van der Waals surface area contributed by atoms with Crippen LogP contribution in [-0.4, -0.2) is 94.6 Å². The largest absolute Gasteiger partial charge is 0.482 e. The number of thioether (sulfide) groups is 1. The zero-order valence-corrected chi connectivity index (χ0v) is 23.5. The number of alkyl carbamates (subject to hydrolysis) is 1. The molecule has 1 unspecified atom stereocenters. The van der Waals surface area contributed by atoms with Crippen molar-refractivity contribution in [1.82, 2.24) is 15.5 Å². The van der Waals surface area contributed by atoms with Crippen LogP contribution in [0.15, 0.2) is 41.6 Å². The Bertz CT molecular complexity index is 1130. The molecule has 0 bridgehead atoms. The molecule has 3 rings (SSSR count). The second-order valence-corrected chi connectivity index (χ2v) is 10.5. The summed E-state index contributed by atoms with van der Waals surface area (Å²) in [6.45, 7) is 1.95. The third kappa shape index (κ3) is 9.11. The maximum atomic E-state index is 12.8. The number of carbonyl (C=O) groups excluding carboxylic acids is 3. The van der Waals surface area contributed by atoms with Crippen LogP contribution in [0, 0.1) is 0 Å². The fraction of sp³-hybridized carbons (Fsp3) is 0.519. The fourth-order valence-corrected chi connectivity index (χ4v) is 5.55. The van der Waals surface area contributed by atoms with Crippen molar-refractivity contribution in [1.29, 1.82) is 0 Å². The van der Waals surface area contributed by atoms with Crippen molar-refractivity contribution in [3.05, 3.63) is 41.6 Å². The summed E-state index contributed by atoms with van der Waals surface area (Å²) < 4.78 is 15.5. The summed E-state index contributed by atoms with van der Waals surface area (Å²) in [6.07, 6.45) is 1.95. The summed E-state index contributed by atoms with van der Waals surface area (Å²) in [5.74, 6) is -2.75. The average Bonchev–Trinajstić information content (AvgIpc) is 2.95. The highest BCUT2D eigenvalue weighted by Crippen LogP contribution is 2.40. The lowest BCUT2D eigenvalue weighted by Crippen LogP contribution is -2.70. The number of amides is 2. The lowest BCUT2D eigenvalue weighted by atomic mass is 10.0. The molecule has 2 amide bonds. The Morgan fingerprint density at radius 2 is 1.85 bits per heavy atom. The third-order valence-corrected chi connectivity index (χ3v) is 7.70. The number of para-hydroxylation sites is 1. The molecule has 1 aromatic carbocycles. The van der Waals surface area contributed by atoms with Gasteiger partial charge in [-0.1, -0.05) is 31.5 Å². The van der Waals surface area contributed by atoms with Crippen molar-refractivity contribution in [2.45, 2.75) is 56.5 Å². The Labute approximate surface area is 241 Å². The van der Waals surface area contributed by atoms with Crippen molar-refractivity contribution in [3.63, 3.8) is 0 Å². The molecule has 13 nitrogen and oxygen atoms in total. The first-order valence-electron chi connectivity index (χ1n) is 13.4. The SMILES string of the molecule is CCCCOC(=O)NC(CCCCN[C@@H]1C(=O)N2C(C(=O)O)=C(COC(=O)COc3ccccc3)CS[C@H]12)C(=O)O. The number of aliphatic carboxylic acids is 2. The van der Waals surface area contributed by atoms with Gasteiger partial charge in [-0.2, -0.15) is 0 Å². The molecule has 2 heterocycles. The van der Waals surface area contributed by atoms with E-state index in [1.54, 1.807) is 24.3 Å². The lowest BCUT2D eigenvalue weighted by Gasteiger charge is -2.49. The topological polar surface area (TPSA) is 181 Å². The smallest absolute Gasteiger partial charge is 0.407 e. The third-order valence-electron chi connectivity index (χ3n) is 6.36. The first-order chi connectivity index (χ1) is 19.7. The molecule has 1 aromatic rings. The Morgan fingerprint density at radius 3 is 2.54 bits per heavy atom. The van der Waals surface area contributed by atoms with Gasteiger partial charge in [-0.15, -0.1) is 11.8 Å². The molecule has 0 radical (unpaired) electrons. The highest BCUT2D eigenvalue weighted by molar-refractivity contribution is 8.00. The number of carboxylic acids is 2. The molecule has 1 fully saturated rings. The van der Waals surface area contributed by atoms with Crippen LogP contribution in [0.1, 0.15) is 39.0 Å². The second kappa shape index (κ2) is 15.9. The van der Waals surface area contributed by atoms with Crippen LogP contribution < -0.4 is 15.4 Å². The van der Waals surface area contributed by atoms with E-state index in [0.717, 1.165) is 6.42 Å². The van der Waals surface area contributed by atoms with Gasteiger partial charge in [0.1, 0.15) is 35.5 Å². The number of ether oxygens (including phenoxy) is 3. The number of rotatable bonds is 17. The number of hydrogen-bond donors (Lipinski definition) is 4. The predicted octanol–water partition coefficient (Wildman–Crippen LogP) is 1.97. The molecule has 0 spiro atoms. The van der Waals surface area contributed by atoms with Crippen LogP contribution >= 0.6 is 11.8 Å². The van der Waals surface area contributed by atoms with Gasteiger partial charge >= 0.3 is 24.0 Å². The van der Waals surface area contributed by atoms with Crippen LogP contribution in [0.3, 0.4) is 0 Å². The number of nitrogens with zero attached hydrogens (tertiary/aromatic N) is 1. The van der Waals surface area contributed by atoms with Gasteiger partial charge in [0.15, 0.2) is 6.61 Å². The van der Waals surface area contributed by atoms with Crippen molar-refractivity contribution in [3.8, 4) is 5.75 Å². The van der Waals surface area contributed by atoms with Crippen molar-refractivity contribution in [2.24, 2.45) is 0 Å². The number of carboxylic acid groups (broad SMARTS) is 2. The Kier molecular flexibility index (Phi) is 12.3. The van der Waals surface area contributed by atoms with Gasteiger partial charge in [0.25, 0.3) is 0 Å². The van der Waals surface area contributed by atoms with Gasteiger partial charge in [-0.3, -0.25) is 9.69 Å². The summed E-state index contributed by atoms with van der Waals surface area (Å²) in [4.78, 5) is 61.3. The van der Waals surface area contributed by atoms with Crippen LogP contribution in [0.4, 0.5) is 4.79 Å². The first-order valence-corrected chi connectivity index (χ1v) is 14.4. The van der Waals surface area contributed by atoms with Gasteiger partial charge in [0.05, 0.1) is 6.61 Å². The van der Waals surface area contributed by atoms with E-state index in [2.05, 4.69) is 10.6 Å².